The van der Waals surface area contributed by atoms with E-state index in [1.165, 1.54) is 0 Å². The lowest BCUT2D eigenvalue weighted by Gasteiger charge is -2.14. The first-order valence-corrected chi connectivity index (χ1v) is 9.65. The van der Waals surface area contributed by atoms with Crippen molar-refractivity contribution in [3.63, 3.8) is 0 Å². The topological polar surface area (TPSA) is 63.0 Å². The molecule has 7 nitrogen and oxygen atoms in total. The van der Waals surface area contributed by atoms with Crippen molar-refractivity contribution < 1.29 is 35.8 Å². The Hall–Kier alpha value is -3.00. The zero-order chi connectivity index (χ0) is 21.7. The maximum Gasteiger partial charge on any atom is 0.294 e. The fourth-order valence-corrected chi connectivity index (χ4v) is 3.21. The van der Waals surface area contributed by atoms with Crippen LogP contribution in [-0.2, 0) is 6.54 Å². The summed E-state index contributed by atoms with van der Waals surface area (Å²) in [5, 5.41) is 0. The molecule has 0 aliphatic carbocycles. The van der Waals surface area contributed by atoms with Gasteiger partial charge in [-0.05, 0) is 42.0 Å². The van der Waals surface area contributed by atoms with Crippen LogP contribution >= 0.6 is 0 Å². The van der Waals surface area contributed by atoms with Crippen molar-refractivity contribution in [1.29, 1.82) is 0 Å². The van der Waals surface area contributed by atoms with E-state index in [0.29, 0.717) is 23.8 Å². The highest BCUT2D eigenvalue weighted by molar-refractivity contribution is 5.81. The van der Waals surface area contributed by atoms with Crippen LogP contribution in [0.25, 0.3) is 0 Å². The van der Waals surface area contributed by atoms with Crippen molar-refractivity contribution in [2.75, 3.05) is 40.3 Å². The van der Waals surface area contributed by atoms with Crippen LogP contribution in [0.1, 0.15) is 17.0 Å². The molecule has 0 radical (unpaired) electrons. The van der Waals surface area contributed by atoms with E-state index in [4.69, 9.17) is 19.2 Å². The molecule has 31 heavy (non-hydrogen) atoms. The highest BCUT2D eigenvalue weighted by atomic mass is 79.9. The molecule has 2 aromatic carbocycles. The molecule has 0 aliphatic rings. The molecule has 3 rings (SSSR count). The first-order valence-electron chi connectivity index (χ1n) is 9.65. The van der Waals surface area contributed by atoms with Gasteiger partial charge < -0.3 is 36.1 Å². The number of aryl methyl sites for hydroxylation is 1. The standard InChI is InChI=1S/C23H28N4O3.BrH/c1-16-24-14-22(25-13-17-7-9-19(10-8-17)26(2)3)27(16)15-18-11-20(28-4)23(30-6)21(12-18)29-5;/h7-14H,15H2,1-6H3;1H. The van der Waals surface area contributed by atoms with Crippen LogP contribution in [0, 0.1) is 6.92 Å². The molecule has 0 bridgehead atoms. The van der Waals surface area contributed by atoms with Crippen LogP contribution in [0.5, 0.6) is 17.2 Å². The predicted molar refractivity (Wildman–Crippen MR) is 119 cm³/mol. The number of hydrogen-bond acceptors (Lipinski definition) is 5. The van der Waals surface area contributed by atoms with E-state index in [-0.39, 0.29) is 17.0 Å². The predicted octanol–water partition coefficient (Wildman–Crippen LogP) is 0.505. The van der Waals surface area contributed by atoms with E-state index in [1.54, 1.807) is 21.3 Å². The summed E-state index contributed by atoms with van der Waals surface area (Å²) in [6.45, 7) is 2.63. The Kier molecular flexibility index (Phi) is 8.50. The molecule has 3 aromatic rings. The van der Waals surface area contributed by atoms with Crippen molar-refractivity contribution in [3.05, 3.63) is 59.5 Å². The fraction of sp³-hybridized carbons (Fsp3) is 0.304. The van der Waals surface area contributed by atoms with Gasteiger partial charge in [-0.2, -0.15) is 0 Å². The summed E-state index contributed by atoms with van der Waals surface area (Å²) in [5.41, 5.74) is 3.21. The van der Waals surface area contributed by atoms with Gasteiger partial charge in [0.1, 0.15) is 12.4 Å². The second-order valence-electron chi connectivity index (χ2n) is 7.10. The highest BCUT2D eigenvalue weighted by Gasteiger charge is 2.18. The number of hydrogen-bond donors (Lipinski definition) is 1. The summed E-state index contributed by atoms with van der Waals surface area (Å²) in [4.78, 5) is 10.0. The van der Waals surface area contributed by atoms with Gasteiger partial charge in [-0.3, -0.25) is 4.98 Å². The molecule has 1 N–H and O–H groups in total. The number of aromatic amines is 1. The smallest absolute Gasteiger partial charge is 0.294 e. The molecule has 0 aliphatic heterocycles. The Morgan fingerprint density at radius 2 is 1.61 bits per heavy atom. The lowest BCUT2D eigenvalue weighted by Crippen LogP contribution is -3.00. The number of methoxy groups -OCH3 is 3. The molecule has 0 fully saturated rings. The number of ether oxygens (including phenoxy) is 3. The van der Waals surface area contributed by atoms with E-state index in [2.05, 4.69) is 38.7 Å². The van der Waals surface area contributed by atoms with Gasteiger partial charge in [-0.15, -0.1) is 4.99 Å². The van der Waals surface area contributed by atoms with Crippen LogP contribution in [0.4, 0.5) is 11.5 Å². The molecule has 0 unspecified atom stereocenters. The molecule has 0 amide bonds. The van der Waals surface area contributed by atoms with Crippen molar-refractivity contribution in [3.8, 4) is 17.2 Å². The van der Waals surface area contributed by atoms with Crippen LogP contribution in [-0.4, -0.2) is 46.6 Å². The number of benzene rings is 2. The molecular weight excluding hydrogens is 460 g/mol. The summed E-state index contributed by atoms with van der Waals surface area (Å²) in [6.07, 6.45) is 3.77. The summed E-state index contributed by atoms with van der Waals surface area (Å²) < 4.78 is 18.5. The van der Waals surface area contributed by atoms with Gasteiger partial charge in [0.2, 0.25) is 5.75 Å². The lowest BCUT2D eigenvalue weighted by atomic mass is 10.1. The summed E-state index contributed by atoms with van der Waals surface area (Å²) in [7, 11) is 8.89. The van der Waals surface area contributed by atoms with Gasteiger partial charge in [0.15, 0.2) is 17.3 Å². The number of rotatable bonds is 8. The van der Waals surface area contributed by atoms with Gasteiger partial charge >= 0.3 is 0 Å². The van der Waals surface area contributed by atoms with Crippen molar-refractivity contribution in [2.24, 2.45) is 4.99 Å². The van der Waals surface area contributed by atoms with E-state index in [0.717, 1.165) is 28.5 Å². The van der Waals surface area contributed by atoms with E-state index in [1.807, 2.05) is 45.6 Å². The Bertz CT molecular complexity index is 1000. The monoisotopic (exact) mass is 488 g/mol. The molecular formula is C23H29BrN4O3. The molecule has 0 atom stereocenters. The molecule has 0 saturated heterocycles. The van der Waals surface area contributed by atoms with Crippen LogP contribution in [0.2, 0.25) is 0 Å². The van der Waals surface area contributed by atoms with Gasteiger partial charge in [0.05, 0.1) is 27.9 Å². The van der Waals surface area contributed by atoms with Gasteiger partial charge in [-0.25, -0.2) is 4.57 Å². The SMILES string of the molecule is COc1cc(C[n+]2c(N=Cc3ccc(N(C)C)cc3)c[nH]c2C)cc(OC)c1OC.[Br-]. The van der Waals surface area contributed by atoms with Crippen LogP contribution in [0.15, 0.2) is 47.6 Å². The van der Waals surface area contributed by atoms with Crippen LogP contribution < -0.4 is 40.7 Å². The van der Waals surface area contributed by atoms with E-state index < -0.39 is 0 Å². The van der Waals surface area contributed by atoms with Crippen molar-refractivity contribution >= 4 is 17.7 Å². The Morgan fingerprint density at radius 3 is 2.13 bits per heavy atom. The van der Waals surface area contributed by atoms with Crippen molar-refractivity contribution in [1.82, 2.24) is 4.98 Å². The number of nitrogens with one attached hydrogen (secondary N) is 1. The summed E-state index contributed by atoms with van der Waals surface area (Å²) in [6, 6.07) is 12.2. The third-order valence-electron chi connectivity index (χ3n) is 4.91. The minimum absolute atomic E-state index is 0. The minimum atomic E-state index is 0. The number of aromatic nitrogens is 2. The first kappa shape index (κ1) is 24.3. The zero-order valence-electron chi connectivity index (χ0n) is 18.8. The Balaban J connectivity index is 0.00000341. The number of aliphatic imine (C=N–C) groups is 1. The maximum absolute atomic E-state index is 5.48. The molecule has 1 heterocycles. The Labute approximate surface area is 194 Å². The quantitative estimate of drug-likeness (QED) is 0.370. The Morgan fingerprint density at radius 1 is 1.00 bits per heavy atom. The minimum Gasteiger partial charge on any atom is -1.00 e. The van der Waals surface area contributed by atoms with E-state index >= 15 is 0 Å². The average Bonchev–Trinajstić information content (AvgIpc) is 3.10. The van der Waals surface area contributed by atoms with Crippen molar-refractivity contribution in [2.45, 2.75) is 13.5 Å². The zero-order valence-corrected chi connectivity index (χ0v) is 20.4. The molecule has 166 valence electrons. The first-order chi connectivity index (χ1) is 14.5. The maximum atomic E-state index is 5.48. The second-order valence-corrected chi connectivity index (χ2v) is 7.10. The summed E-state index contributed by atoms with van der Waals surface area (Å²) in [5.74, 6) is 3.68. The second kappa shape index (κ2) is 10.9. The molecule has 8 heteroatoms. The molecule has 0 spiro atoms. The summed E-state index contributed by atoms with van der Waals surface area (Å²) >= 11 is 0. The number of anilines is 1. The third kappa shape index (κ3) is 5.58. The normalized spacial score (nSPS) is 10.6. The third-order valence-corrected chi connectivity index (χ3v) is 4.91. The van der Waals surface area contributed by atoms with E-state index in [9.17, 15) is 0 Å². The number of nitrogens with zero attached hydrogens (tertiary/aromatic N) is 3. The number of halogens is 1. The molecule has 0 saturated carbocycles. The van der Waals surface area contributed by atoms with Gasteiger partial charge in [0, 0.05) is 32.3 Å². The van der Waals surface area contributed by atoms with Crippen LogP contribution in [0.3, 0.4) is 0 Å². The van der Waals surface area contributed by atoms with Gasteiger partial charge in [0.25, 0.3) is 5.82 Å². The number of imidazole rings is 1. The van der Waals surface area contributed by atoms with Gasteiger partial charge in [-0.1, -0.05) is 0 Å². The lowest BCUT2D eigenvalue weighted by molar-refractivity contribution is -0.680. The fourth-order valence-electron chi connectivity index (χ4n) is 3.21. The average molecular weight is 489 g/mol. The number of H-pyrrole nitrogens is 1. The molecule has 1 aromatic heterocycles. The largest absolute Gasteiger partial charge is 1.00 e. The highest BCUT2D eigenvalue weighted by Crippen LogP contribution is 2.38.